The number of rotatable bonds is 5. The first-order chi connectivity index (χ1) is 13.7. The number of nitrogens with one attached hydrogen (secondary N) is 1. The smallest absolute Gasteiger partial charge is 0.410 e. The number of allylic oxidation sites excluding steroid dienone is 1. The number of benzene rings is 3. The maximum absolute atomic E-state index is 13.0. The minimum absolute atomic E-state index is 0.249. The molecule has 3 aromatic carbocycles. The molecule has 3 rings (SSSR count). The fourth-order valence-corrected chi connectivity index (χ4v) is 2.63. The highest BCUT2D eigenvalue weighted by Crippen LogP contribution is 2.27. The molecular weight excluding hydrogens is 352 g/mol. The van der Waals surface area contributed by atoms with Crippen molar-refractivity contribution in [3.63, 3.8) is 0 Å². The number of hydrogen-bond acceptors (Lipinski definition) is 3. The highest BCUT2D eigenvalue weighted by Gasteiger charge is 2.20. The van der Waals surface area contributed by atoms with Crippen molar-refractivity contribution in [2.45, 2.75) is 6.92 Å². The van der Waals surface area contributed by atoms with E-state index in [4.69, 9.17) is 4.74 Å². The molecule has 28 heavy (non-hydrogen) atoms. The summed E-state index contributed by atoms with van der Waals surface area (Å²) < 4.78 is 5.59. The van der Waals surface area contributed by atoms with Crippen LogP contribution in [-0.4, -0.2) is 12.0 Å². The van der Waals surface area contributed by atoms with Gasteiger partial charge < -0.3 is 10.1 Å². The van der Waals surface area contributed by atoms with Crippen LogP contribution in [0.3, 0.4) is 0 Å². The summed E-state index contributed by atoms with van der Waals surface area (Å²) in [5.41, 5.74) is 1.92. The van der Waals surface area contributed by atoms with E-state index in [1.807, 2.05) is 60.7 Å². The Labute approximate surface area is 163 Å². The molecule has 2 amide bonds. The van der Waals surface area contributed by atoms with E-state index in [0.29, 0.717) is 22.8 Å². The van der Waals surface area contributed by atoms with Crippen molar-refractivity contribution in [2.75, 3.05) is 10.2 Å². The van der Waals surface area contributed by atoms with E-state index >= 15 is 0 Å². The monoisotopic (exact) mass is 372 g/mol. The molecular formula is C23H20N2O3. The summed E-state index contributed by atoms with van der Waals surface area (Å²) in [6, 6.07) is 25.2. The summed E-state index contributed by atoms with van der Waals surface area (Å²) in [5.74, 6) is 0.0846. The third kappa shape index (κ3) is 4.86. The highest BCUT2D eigenvalue weighted by atomic mass is 16.6. The van der Waals surface area contributed by atoms with Gasteiger partial charge in [0.2, 0.25) is 5.91 Å². The van der Waals surface area contributed by atoms with E-state index in [9.17, 15) is 9.59 Å². The first-order valence-corrected chi connectivity index (χ1v) is 8.83. The summed E-state index contributed by atoms with van der Waals surface area (Å²) in [7, 11) is 0. The lowest BCUT2D eigenvalue weighted by Gasteiger charge is -2.22. The SMILES string of the molecule is C/C=C/C(=O)Nc1cccc(OC(=O)N(c2ccccc2)c2ccccc2)c1. The average molecular weight is 372 g/mol. The second-order valence-corrected chi connectivity index (χ2v) is 5.89. The predicted octanol–water partition coefficient (Wildman–Crippen LogP) is 5.54. The number of carbonyl (C=O) groups is 2. The lowest BCUT2D eigenvalue weighted by atomic mass is 10.2. The number of nitrogens with zero attached hydrogens (tertiary/aromatic N) is 1. The van der Waals surface area contributed by atoms with Crippen LogP contribution in [0.2, 0.25) is 0 Å². The third-order valence-electron chi connectivity index (χ3n) is 3.84. The van der Waals surface area contributed by atoms with Gasteiger partial charge >= 0.3 is 6.09 Å². The lowest BCUT2D eigenvalue weighted by Crippen LogP contribution is -2.29. The molecule has 140 valence electrons. The number of amides is 2. The predicted molar refractivity (Wildman–Crippen MR) is 111 cm³/mol. The van der Waals surface area contributed by atoms with Crippen molar-refractivity contribution in [2.24, 2.45) is 0 Å². The van der Waals surface area contributed by atoms with Gasteiger partial charge in [0.15, 0.2) is 0 Å². The Hall–Kier alpha value is -3.86. The molecule has 0 saturated heterocycles. The van der Waals surface area contributed by atoms with Crippen LogP contribution >= 0.6 is 0 Å². The van der Waals surface area contributed by atoms with Gasteiger partial charge in [0.05, 0.1) is 11.4 Å². The second kappa shape index (κ2) is 9.19. The molecule has 0 aromatic heterocycles. The summed E-state index contributed by atoms with van der Waals surface area (Å²) in [6.07, 6.45) is 2.52. The first-order valence-electron chi connectivity index (χ1n) is 8.83. The third-order valence-corrected chi connectivity index (χ3v) is 3.84. The van der Waals surface area contributed by atoms with Crippen LogP contribution in [0.5, 0.6) is 5.75 Å². The molecule has 0 bridgehead atoms. The van der Waals surface area contributed by atoms with Crippen LogP contribution in [0.15, 0.2) is 97.1 Å². The average Bonchev–Trinajstić information content (AvgIpc) is 2.70. The van der Waals surface area contributed by atoms with Crippen LogP contribution < -0.4 is 15.0 Å². The molecule has 5 heteroatoms. The van der Waals surface area contributed by atoms with Gasteiger partial charge in [-0.1, -0.05) is 48.5 Å². The molecule has 0 spiro atoms. The number of para-hydroxylation sites is 2. The number of anilines is 3. The van der Waals surface area contributed by atoms with Crippen molar-refractivity contribution in [3.8, 4) is 5.75 Å². The van der Waals surface area contributed by atoms with E-state index in [-0.39, 0.29) is 5.91 Å². The van der Waals surface area contributed by atoms with Gasteiger partial charge in [-0.05, 0) is 49.4 Å². The van der Waals surface area contributed by atoms with Crippen LogP contribution in [0.1, 0.15) is 6.92 Å². The van der Waals surface area contributed by atoms with Gasteiger partial charge in [-0.25, -0.2) is 9.69 Å². The van der Waals surface area contributed by atoms with Crippen molar-refractivity contribution in [3.05, 3.63) is 97.1 Å². The molecule has 0 atom stereocenters. The van der Waals surface area contributed by atoms with Gasteiger partial charge in [0.1, 0.15) is 5.75 Å². The van der Waals surface area contributed by atoms with Crippen LogP contribution in [-0.2, 0) is 4.79 Å². The summed E-state index contributed by atoms with van der Waals surface area (Å²) in [5, 5.41) is 2.72. The summed E-state index contributed by atoms with van der Waals surface area (Å²) in [4.78, 5) is 26.2. The van der Waals surface area contributed by atoms with Gasteiger partial charge in [-0.2, -0.15) is 0 Å². The second-order valence-electron chi connectivity index (χ2n) is 5.89. The van der Waals surface area contributed by atoms with E-state index in [1.165, 1.54) is 11.0 Å². The van der Waals surface area contributed by atoms with Crippen molar-refractivity contribution < 1.29 is 14.3 Å². The normalized spacial score (nSPS) is 10.5. The molecule has 1 N–H and O–H groups in total. The van der Waals surface area contributed by atoms with Gasteiger partial charge in [0.25, 0.3) is 0 Å². The van der Waals surface area contributed by atoms with Crippen LogP contribution in [0.4, 0.5) is 21.9 Å². The first kappa shape index (κ1) is 18.9. The Morgan fingerprint density at radius 2 is 1.46 bits per heavy atom. The standard InChI is InChI=1S/C23H20N2O3/c1-2-10-22(26)24-18-11-9-16-21(17-18)28-23(27)25(19-12-5-3-6-13-19)20-14-7-4-8-15-20/h2-17H,1H3,(H,24,26)/b10-2+. The molecule has 3 aromatic rings. The zero-order valence-corrected chi connectivity index (χ0v) is 15.4. The minimum Gasteiger partial charge on any atom is -0.410 e. The summed E-state index contributed by atoms with van der Waals surface area (Å²) in [6.45, 7) is 1.76. The molecule has 0 heterocycles. The van der Waals surface area contributed by atoms with Crippen LogP contribution in [0, 0.1) is 0 Å². The van der Waals surface area contributed by atoms with E-state index in [2.05, 4.69) is 5.32 Å². The largest absolute Gasteiger partial charge is 0.424 e. The van der Waals surface area contributed by atoms with Crippen molar-refractivity contribution in [1.29, 1.82) is 0 Å². The maximum Gasteiger partial charge on any atom is 0.424 e. The molecule has 0 aliphatic carbocycles. The van der Waals surface area contributed by atoms with E-state index in [1.54, 1.807) is 37.3 Å². The van der Waals surface area contributed by atoms with Crippen molar-refractivity contribution >= 4 is 29.1 Å². The Balaban J connectivity index is 1.84. The number of hydrogen-bond donors (Lipinski definition) is 1. The van der Waals surface area contributed by atoms with Crippen molar-refractivity contribution in [1.82, 2.24) is 0 Å². The maximum atomic E-state index is 13.0. The quantitative estimate of drug-likeness (QED) is 0.598. The van der Waals surface area contributed by atoms with Gasteiger partial charge in [-0.3, -0.25) is 4.79 Å². The Morgan fingerprint density at radius 1 is 0.857 bits per heavy atom. The van der Waals surface area contributed by atoms with Gasteiger partial charge in [0, 0.05) is 11.8 Å². The highest BCUT2D eigenvalue weighted by molar-refractivity contribution is 6.00. The van der Waals surface area contributed by atoms with E-state index < -0.39 is 6.09 Å². The zero-order chi connectivity index (χ0) is 19.8. The minimum atomic E-state index is -0.547. The fourth-order valence-electron chi connectivity index (χ4n) is 2.63. The molecule has 0 aliphatic rings. The van der Waals surface area contributed by atoms with Crippen LogP contribution in [0.25, 0.3) is 0 Å². The fraction of sp³-hybridized carbons (Fsp3) is 0.0435. The van der Waals surface area contributed by atoms with Gasteiger partial charge in [-0.15, -0.1) is 0 Å². The topological polar surface area (TPSA) is 58.6 Å². The molecule has 0 unspecified atom stereocenters. The molecule has 0 saturated carbocycles. The Bertz CT molecular complexity index is 930. The van der Waals surface area contributed by atoms with E-state index in [0.717, 1.165) is 0 Å². The molecule has 0 fully saturated rings. The lowest BCUT2D eigenvalue weighted by molar-refractivity contribution is -0.111. The number of carbonyl (C=O) groups excluding carboxylic acids is 2. The zero-order valence-electron chi connectivity index (χ0n) is 15.4. The molecule has 0 radical (unpaired) electrons. The summed E-state index contributed by atoms with van der Waals surface area (Å²) >= 11 is 0. The molecule has 0 aliphatic heterocycles. The Kier molecular flexibility index (Phi) is 6.21. The number of ether oxygens (including phenoxy) is 1. The molecule has 5 nitrogen and oxygen atoms in total. The Morgan fingerprint density at radius 3 is 2.04 bits per heavy atom.